The van der Waals surface area contributed by atoms with Crippen molar-refractivity contribution in [3.8, 4) is 0 Å². The van der Waals surface area contributed by atoms with E-state index in [1.165, 1.54) is 12.3 Å². The van der Waals surface area contributed by atoms with Crippen LogP contribution in [0.3, 0.4) is 0 Å². The topological polar surface area (TPSA) is 89.4 Å². The third kappa shape index (κ3) is 3.19. The lowest BCUT2D eigenvalue weighted by atomic mass is 9.88. The number of halogens is 3. The van der Waals surface area contributed by atoms with Crippen LogP contribution >= 0.6 is 0 Å². The number of nitrogens with two attached hydrogens (primary N) is 1. The maximum atomic E-state index is 13.8. The zero-order valence-corrected chi connectivity index (χ0v) is 18.1. The fourth-order valence-electron chi connectivity index (χ4n) is 5.13. The molecule has 2 aliphatic rings. The van der Waals surface area contributed by atoms with E-state index in [9.17, 15) is 18.0 Å². The molecule has 34 heavy (non-hydrogen) atoms. The third-order valence-corrected chi connectivity index (χ3v) is 7.06. The summed E-state index contributed by atoms with van der Waals surface area (Å²) in [7, 11) is 0. The minimum atomic E-state index is -4.38. The van der Waals surface area contributed by atoms with E-state index < -0.39 is 11.7 Å². The van der Waals surface area contributed by atoms with Crippen LogP contribution in [0.4, 0.5) is 19.0 Å². The molecule has 2 aromatic heterocycles. The zero-order valence-electron chi connectivity index (χ0n) is 18.1. The molecule has 2 N–H and O–H groups in total. The molecule has 0 radical (unpaired) electrons. The van der Waals surface area contributed by atoms with Gasteiger partial charge in [0.25, 0.3) is 5.91 Å². The van der Waals surface area contributed by atoms with Gasteiger partial charge in [0.1, 0.15) is 5.52 Å². The summed E-state index contributed by atoms with van der Waals surface area (Å²) in [6.45, 7) is 0. The SMILES string of the molecule is Nc1nc2ccc(C(=O)N(C3CCC3)C3CCc4cc(C(F)(F)F)ccc43)cc2n2nncc12. The molecule has 1 fully saturated rings. The highest BCUT2D eigenvalue weighted by Crippen LogP contribution is 2.43. The fourth-order valence-corrected chi connectivity index (χ4v) is 5.13. The number of anilines is 1. The number of rotatable bonds is 3. The maximum absolute atomic E-state index is 13.8. The van der Waals surface area contributed by atoms with Gasteiger partial charge in [0, 0.05) is 11.6 Å². The Morgan fingerprint density at radius 1 is 1.09 bits per heavy atom. The second kappa shape index (κ2) is 7.41. The summed E-state index contributed by atoms with van der Waals surface area (Å²) in [6, 6.07) is 8.89. The summed E-state index contributed by atoms with van der Waals surface area (Å²) in [6.07, 6.45) is 1.06. The number of benzene rings is 2. The van der Waals surface area contributed by atoms with E-state index in [1.807, 2.05) is 4.90 Å². The summed E-state index contributed by atoms with van der Waals surface area (Å²) in [5, 5.41) is 7.98. The second-order valence-corrected chi connectivity index (χ2v) is 8.99. The Morgan fingerprint density at radius 2 is 1.91 bits per heavy atom. The summed E-state index contributed by atoms with van der Waals surface area (Å²) in [5.41, 5.74) is 9.05. The van der Waals surface area contributed by atoms with Gasteiger partial charge >= 0.3 is 6.18 Å². The average Bonchev–Trinajstić information content (AvgIpc) is 3.42. The molecule has 10 heteroatoms. The molecular formula is C24H21F3N6O. The van der Waals surface area contributed by atoms with Crippen LogP contribution in [0.15, 0.2) is 42.6 Å². The molecule has 1 atom stereocenters. The molecule has 0 bridgehead atoms. The van der Waals surface area contributed by atoms with Crippen molar-refractivity contribution in [3.63, 3.8) is 0 Å². The van der Waals surface area contributed by atoms with E-state index >= 15 is 0 Å². The molecule has 0 saturated heterocycles. The smallest absolute Gasteiger partial charge is 0.382 e. The van der Waals surface area contributed by atoms with Gasteiger partial charge in [-0.15, -0.1) is 5.10 Å². The number of carbonyl (C=O) groups excluding carboxylic acids is 1. The van der Waals surface area contributed by atoms with Crippen LogP contribution in [0.5, 0.6) is 0 Å². The first-order chi connectivity index (χ1) is 16.3. The van der Waals surface area contributed by atoms with E-state index in [4.69, 9.17) is 5.73 Å². The predicted molar refractivity (Wildman–Crippen MR) is 119 cm³/mol. The molecule has 2 heterocycles. The Balaban J connectivity index is 1.40. The number of alkyl halides is 3. The van der Waals surface area contributed by atoms with Crippen LogP contribution < -0.4 is 5.73 Å². The van der Waals surface area contributed by atoms with Crippen molar-refractivity contribution in [2.45, 2.75) is 50.4 Å². The van der Waals surface area contributed by atoms with Gasteiger partial charge < -0.3 is 10.6 Å². The summed E-state index contributed by atoms with van der Waals surface area (Å²) in [5.74, 6) is 0.155. The summed E-state index contributed by atoms with van der Waals surface area (Å²) < 4.78 is 41.2. The number of aromatic nitrogens is 4. The minimum Gasteiger partial charge on any atom is -0.382 e. The van der Waals surface area contributed by atoms with Crippen LogP contribution in [0, 0.1) is 0 Å². The van der Waals surface area contributed by atoms with E-state index in [0.717, 1.165) is 30.9 Å². The van der Waals surface area contributed by atoms with Crippen LogP contribution in [-0.4, -0.2) is 36.7 Å². The van der Waals surface area contributed by atoms with E-state index in [1.54, 1.807) is 28.8 Å². The standard InChI is InChI=1S/C24H21F3N6O/c25-24(26,27)15-6-7-17-13(10-15)5-9-19(17)32(16-2-1-3-16)23(34)14-4-8-18-20(11-14)33-21(12-29-31-33)22(28)30-18/h4,6-8,10-12,16,19H,1-3,5,9H2,(H2,28,30). The second-order valence-electron chi connectivity index (χ2n) is 8.99. The van der Waals surface area contributed by atoms with Gasteiger partial charge in [-0.25, -0.2) is 9.50 Å². The number of amides is 1. The van der Waals surface area contributed by atoms with Crippen molar-refractivity contribution in [2.75, 3.05) is 5.73 Å². The molecule has 1 amide bonds. The number of nitrogens with zero attached hydrogens (tertiary/aromatic N) is 5. The van der Waals surface area contributed by atoms with Crippen LogP contribution in [0.1, 0.15) is 58.8 Å². The molecule has 7 nitrogen and oxygen atoms in total. The zero-order chi connectivity index (χ0) is 23.6. The first-order valence-electron chi connectivity index (χ1n) is 11.2. The highest BCUT2D eigenvalue weighted by Gasteiger charge is 2.40. The Kier molecular flexibility index (Phi) is 4.55. The van der Waals surface area contributed by atoms with Crippen molar-refractivity contribution < 1.29 is 18.0 Å². The molecule has 0 aliphatic heterocycles. The maximum Gasteiger partial charge on any atom is 0.416 e. The first-order valence-corrected chi connectivity index (χ1v) is 11.2. The number of hydrogen-bond acceptors (Lipinski definition) is 5. The first kappa shape index (κ1) is 20.9. The molecule has 4 aromatic rings. The lowest BCUT2D eigenvalue weighted by Gasteiger charge is -2.42. The normalized spacial score (nSPS) is 18.3. The van der Waals surface area contributed by atoms with E-state index in [0.29, 0.717) is 46.3 Å². The van der Waals surface area contributed by atoms with Gasteiger partial charge in [0.05, 0.1) is 28.8 Å². The minimum absolute atomic E-state index is 0.0670. The average molecular weight is 466 g/mol. The quantitative estimate of drug-likeness (QED) is 0.478. The molecule has 0 spiro atoms. The fraction of sp³-hybridized carbons (Fsp3) is 0.333. The van der Waals surface area contributed by atoms with Crippen molar-refractivity contribution in [2.24, 2.45) is 0 Å². The highest BCUT2D eigenvalue weighted by molar-refractivity contribution is 5.98. The number of hydrogen-bond donors (Lipinski definition) is 1. The van der Waals surface area contributed by atoms with Crippen LogP contribution in [-0.2, 0) is 12.6 Å². The molecule has 1 saturated carbocycles. The van der Waals surface area contributed by atoms with Crippen LogP contribution in [0.2, 0.25) is 0 Å². The van der Waals surface area contributed by atoms with Crippen molar-refractivity contribution in [1.29, 1.82) is 0 Å². The Bertz CT molecular complexity index is 1440. The van der Waals surface area contributed by atoms with Gasteiger partial charge in [0.15, 0.2) is 5.82 Å². The lowest BCUT2D eigenvalue weighted by molar-refractivity contribution is -0.137. The highest BCUT2D eigenvalue weighted by atomic mass is 19.4. The molecule has 2 aliphatic carbocycles. The largest absolute Gasteiger partial charge is 0.416 e. The van der Waals surface area contributed by atoms with Gasteiger partial charge in [0.2, 0.25) is 0 Å². The molecule has 174 valence electrons. The molecule has 2 aromatic carbocycles. The Morgan fingerprint density at radius 3 is 2.65 bits per heavy atom. The molecule has 1 unspecified atom stereocenters. The van der Waals surface area contributed by atoms with Gasteiger partial charge in [-0.1, -0.05) is 11.3 Å². The summed E-state index contributed by atoms with van der Waals surface area (Å²) >= 11 is 0. The van der Waals surface area contributed by atoms with E-state index in [2.05, 4.69) is 15.3 Å². The van der Waals surface area contributed by atoms with Gasteiger partial charge in [-0.2, -0.15) is 13.2 Å². The Hall–Kier alpha value is -3.69. The lowest BCUT2D eigenvalue weighted by Crippen LogP contribution is -2.45. The number of nitrogen functional groups attached to an aromatic ring is 1. The number of carbonyl (C=O) groups is 1. The molecular weight excluding hydrogens is 445 g/mol. The summed E-state index contributed by atoms with van der Waals surface area (Å²) in [4.78, 5) is 20.1. The van der Waals surface area contributed by atoms with Crippen LogP contribution in [0.25, 0.3) is 16.6 Å². The monoisotopic (exact) mass is 466 g/mol. The van der Waals surface area contributed by atoms with Gasteiger partial charge in [-0.3, -0.25) is 4.79 Å². The van der Waals surface area contributed by atoms with Gasteiger partial charge in [-0.05, 0) is 73.6 Å². The molecule has 6 rings (SSSR count). The van der Waals surface area contributed by atoms with E-state index in [-0.39, 0.29) is 18.0 Å². The number of fused-ring (bicyclic) bond motifs is 4. The predicted octanol–water partition coefficient (Wildman–Crippen LogP) is 4.56. The Labute approximate surface area is 192 Å². The van der Waals surface area contributed by atoms with Crippen molar-refractivity contribution in [1.82, 2.24) is 24.7 Å². The number of aryl methyl sites for hydroxylation is 1. The van der Waals surface area contributed by atoms with Crippen molar-refractivity contribution >= 4 is 28.3 Å². The third-order valence-electron chi connectivity index (χ3n) is 7.06. The van der Waals surface area contributed by atoms with Crippen molar-refractivity contribution in [3.05, 3.63) is 64.8 Å².